The van der Waals surface area contributed by atoms with Gasteiger partial charge in [-0.15, -0.1) is 0 Å². The summed E-state index contributed by atoms with van der Waals surface area (Å²) in [4.78, 5) is 24.9. The maximum absolute atomic E-state index is 12.7. The van der Waals surface area contributed by atoms with Crippen LogP contribution in [0, 0.1) is 5.92 Å². The molecule has 0 aliphatic heterocycles. The topological polar surface area (TPSA) is 84.2 Å². The van der Waals surface area contributed by atoms with Crippen molar-refractivity contribution in [2.45, 2.75) is 19.4 Å². The molecule has 0 bridgehead atoms. The van der Waals surface area contributed by atoms with Gasteiger partial charge < -0.3 is 16.4 Å². The molecule has 0 heterocycles. The number of carbonyl (C=O) groups is 2. The van der Waals surface area contributed by atoms with Crippen LogP contribution < -0.4 is 16.4 Å². The average molecular weight is 325 g/mol. The number of para-hydroxylation sites is 1. The SMILES string of the molecule is C[C@H](CN)CC(=O)N[C@H](C(=O)Nc1ccccc1)c1ccccc1. The lowest BCUT2D eigenvalue weighted by Crippen LogP contribution is -2.38. The predicted molar refractivity (Wildman–Crippen MR) is 95.2 cm³/mol. The standard InChI is InChI=1S/C19H23N3O2/c1-14(13-20)12-17(23)22-18(15-8-4-2-5-9-15)19(24)21-16-10-6-3-7-11-16/h2-11,14,18H,12-13,20H2,1H3,(H,21,24)(H,22,23)/t14-,18-/m0/s1. The lowest BCUT2D eigenvalue weighted by molar-refractivity contribution is -0.127. The first-order chi connectivity index (χ1) is 11.6. The summed E-state index contributed by atoms with van der Waals surface area (Å²) in [6.07, 6.45) is 0.290. The molecule has 0 spiro atoms. The van der Waals surface area contributed by atoms with Gasteiger partial charge in [0.25, 0.3) is 5.91 Å². The maximum Gasteiger partial charge on any atom is 0.251 e. The van der Waals surface area contributed by atoms with Crippen molar-refractivity contribution in [2.24, 2.45) is 11.7 Å². The van der Waals surface area contributed by atoms with Gasteiger partial charge in [-0.3, -0.25) is 9.59 Å². The minimum atomic E-state index is -0.746. The highest BCUT2D eigenvalue weighted by molar-refractivity contribution is 5.97. The van der Waals surface area contributed by atoms with Crippen molar-refractivity contribution in [2.75, 3.05) is 11.9 Å². The van der Waals surface area contributed by atoms with Gasteiger partial charge in [0.15, 0.2) is 0 Å². The van der Waals surface area contributed by atoms with Crippen LogP contribution in [0.25, 0.3) is 0 Å². The smallest absolute Gasteiger partial charge is 0.251 e. The third-order valence-electron chi connectivity index (χ3n) is 3.68. The van der Waals surface area contributed by atoms with Gasteiger partial charge in [-0.25, -0.2) is 0 Å². The first-order valence-corrected chi connectivity index (χ1v) is 8.00. The Hall–Kier alpha value is -2.66. The summed E-state index contributed by atoms with van der Waals surface area (Å²) >= 11 is 0. The Bertz CT molecular complexity index is 659. The van der Waals surface area contributed by atoms with Gasteiger partial charge in [0.1, 0.15) is 6.04 Å². The summed E-state index contributed by atoms with van der Waals surface area (Å²) in [6, 6.07) is 17.6. The number of carbonyl (C=O) groups excluding carboxylic acids is 2. The number of nitrogens with two attached hydrogens (primary N) is 1. The van der Waals surface area contributed by atoms with Crippen LogP contribution in [0.5, 0.6) is 0 Å². The van der Waals surface area contributed by atoms with Gasteiger partial charge in [-0.2, -0.15) is 0 Å². The molecule has 2 aromatic carbocycles. The summed E-state index contributed by atoms with van der Waals surface area (Å²) in [7, 11) is 0. The normalized spacial score (nSPS) is 12.9. The lowest BCUT2D eigenvalue weighted by atomic mass is 10.0. The Morgan fingerprint density at radius 2 is 1.58 bits per heavy atom. The third kappa shape index (κ3) is 5.21. The summed E-state index contributed by atoms with van der Waals surface area (Å²) < 4.78 is 0. The van der Waals surface area contributed by atoms with E-state index in [1.807, 2.05) is 55.5 Å². The van der Waals surface area contributed by atoms with Gasteiger partial charge in [-0.1, -0.05) is 55.5 Å². The lowest BCUT2D eigenvalue weighted by Gasteiger charge is -2.20. The molecule has 2 amide bonds. The van der Waals surface area contributed by atoms with Crippen LogP contribution in [-0.2, 0) is 9.59 Å². The monoisotopic (exact) mass is 325 g/mol. The van der Waals surface area contributed by atoms with E-state index >= 15 is 0 Å². The molecule has 5 nitrogen and oxygen atoms in total. The molecule has 5 heteroatoms. The van der Waals surface area contributed by atoms with Crippen molar-refractivity contribution >= 4 is 17.5 Å². The molecule has 0 radical (unpaired) electrons. The zero-order valence-corrected chi connectivity index (χ0v) is 13.7. The van der Waals surface area contributed by atoms with Crippen molar-refractivity contribution in [1.29, 1.82) is 0 Å². The second-order valence-corrected chi connectivity index (χ2v) is 5.81. The zero-order valence-electron chi connectivity index (χ0n) is 13.7. The molecular formula is C19H23N3O2. The molecule has 0 aromatic heterocycles. The van der Waals surface area contributed by atoms with Gasteiger partial charge in [-0.05, 0) is 30.2 Å². The molecule has 0 unspecified atom stereocenters. The third-order valence-corrected chi connectivity index (χ3v) is 3.68. The summed E-state index contributed by atoms with van der Waals surface area (Å²) in [6.45, 7) is 2.33. The molecule has 0 saturated carbocycles. The zero-order chi connectivity index (χ0) is 17.4. The number of benzene rings is 2. The molecule has 4 N–H and O–H groups in total. The van der Waals surface area contributed by atoms with E-state index < -0.39 is 6.04 Å². The fourth-order valence-electron chi connectivity index (χ4n) is 2.30. The quantitative estimate of drug-likeness (QED) is 0.731. The maximum atomic E-state index is 12.7. The van der Waals surface area contributed by atoms with Crippen LogP contribution in [0.3, 0.4) is 0 Å². The van der Waals surface area contributed by atoms with E-state index in [2.05, 4.69) is 10.6 Å². The van der Waals surface area contributed by atoms with Crippen LogP contribution in [0.4, 0.5) is 5.69 Å². The fraction of sp³-hybridized carbons (Fsp3) is 0.263. The van der Waals surface area contributed by atoms with Crippen molar-refractivity contribution in [3.8, 4) is 0 Å². The van der Waals surface area contributed by atoms with Crippen LogP contribution in [-0.4, -0.2) is 18.4 Å². The molecule has 0 aliphatic rings. The first-order valence-electron chi connectivity index (χ1n) is 8.00. The number of amides is 2. The Morgan fingerprint density at radius 3 is 2.17 bits per heavy atom. The van der Waals surface area contributed by atoms with Gasteiger partial charge in [0.2, 0.25) is 5.91 Å². The number of hydrogen-bond acceptors (Lipinski definition) is 3. The average Bonchev–Trinajstić information content (AvgIpc) is 2.61. The first kappa shape index (κ1) is 17.7. The highest BCUT2D eigenvalue weighted by Crippen LogP contribution is 2.16. The molecule has 24 heavy (non-hydrogen) atoms. The van der Waals surface area contributed by atoms with Gasteiger partial charge in [0.05, 0.1) is 0 Å². The Balaban J connectivity index is 2.14. The number of rotatable bonds is 7. The highest BCUT2D eigenvalue weighted by atomic mass is 16.2. The van der Waals surface area contributed by atoms with E-state index in [0.717, 1.165) is 5.56 Å². The molecule has 0 fully saturated rings. The van der Waals surface area contributed by atoms with Crippen molar-refractivity contribution in [3.63, 3.8) is 0 Å². The van der Waals surface area contributed by atoms with Crippen molar-refractivity contribution < 1.29 is 9.59 Å². The second kappa shape index (κ2) is 8.84. The Kier molecular flexibility index (Phi) is 6.51. The van der Waals surface area contributed by atoms with E-state index in [1.54, 1.807) is 12.1 Å². The predicted octanol–water partition coefficient (Wildman–Crippen LogP) is 2.47. The second-order valence-electron chi connectivity index (χ2n) is 5.81. The van der Waals surface area contributed by atoms with Crippen molar-refractivity contribution in [3.05, 3.63) is 66.2 Å². The Labute approximate surface area is 142 Å². The van der Waals surface area contributed by atoms with E-state index in [-0.39, 0.29) is 17.7 Å². The molecule has 2 atom stereocenters. The summed E-state index contributed by atoms with van der Waals surface area (Å²) in [5.41, 5.74) is 6.99. The molecule has 0 saturated heterocycles. The van der Waals surface area contributed by atoms with Gasteiger partial charge in [0, 0.05) is 12.1 Å². The minimum Gasteiger partial charge on any atom is -0.341 e. The van der Waals surface area contributed by atoms with E-state index in [1.165, 1.54) is 0 Å². The van der Waals surface area contributed by atoms with E-state index in [0.29, 0.717) is 18.7 Å². The highest BCUT2D eigenvalue weighted by Gasteiger charge is 2.23. The molecule has 2 aromatic rings. The van der Waals surface area contributed by atoms with Crippen LogP contribution in [0.15, 0.2) is 60.7 Å². The van der Waals surface area contributed by atoms with Crippen LogP contribution in [0.1, 0.15) is 24.9 Å². The fourth-order valence-corrected chi connectivity index (χ4v) is 2.30. The van der Waals surface area contributed by atoms with Crippen molar-refractivity contribution in [1.82, 2.24) is 5.32 Å². The molecular weight excluding hydrogens is 302 g/mol. The largest absolute Gasteiger partial charge is 0.341 e. The van der Waals surface area contributed by atoms with E-state index in [9.17, 15) is 9.59 Å². The van der Waals surface area contributed by atoms with E-state index in [4.69, 9.17) is 5.73 Å². The van der Waals surface area contributed by atoms with Gasteiger partial charge >= 0.3 is 0 Å². The molecule has 0 aliphatic carbocycles. The van der Waals surface area contributed by atoms with Crippen LogP contribution >= 0.6 is 0 Å². The Morgan fingerprint density at radius 1 is 1.00 bits per heavy atom. The number of nitrogens with one attached hydrogen (secondary N) is 2. The van der Waals surface area contributed by atoms with Crippen LogP contribution in [0.2, 0.25) is 0 Å². The molecule has 126 valence electrons. The summed E-state index contributed by atoms with van der Waals surface area (Å²) in [5, 5.41) is 5.65. The minimum absolute atomic E-state index is 0.0682. The summed E-state index contributed by atoms with van der Waals surface area (Å²) in [5.74, 6) is -0.398. The number of hydrogen-bond donors (Lipinski definition) is 3. The molecule has 2 rings (SSSR count). The number of anilines is 1.